The number of ether oxygens (including phenoxy) is 1. The smallest absolute Gasteiger partial charge is 0.125 e. The minimum atomic E-state index is -0.275. The highest BCUT2D eigenvalue weighted by Gasteiger charge is 2.36. The highest BCUT2D eigenvalue weighted by molar-refractivity contribution is 5.68. The van der Waals surface area contributed by atoms with Crippen molar-refractivity contribution in [1.82, 2.24) is 0 Å². The third-order valence-electron chi connectivity index (χ3n) is 3.78. The summed E-state index contributed by atoms with van der Waals surface area (Å²) >= 11 is 0. The Morgan fingerprint density at radius 3 is 3.06 bits per heavy atom. The van der Waals surface area contributed by atoms with E-state index in [1.807, 2.05) is 0 Å². The molecule has 0 radical (unpaired) electrons. The van der Waals surface area contributed by atoms with E-state index in [9.17, 15) is 4.39 Å². The largest absolute Gasteiger partial charge is 0.397 e. The molecule has 2 atom stereocenters. The van der Waals surface area contributed by atoms with Crippen LogP contribution in [0.4, 0.5) is 15.8 Å². The van der Waals surface area contributed by atoms with Crippen LogP contribution in [0.1, 0.15) is 19.3 Å². The van der Waals surface area contributed by atoms with Crippen molar-refractivity contribution in [2.75, 3.05) is 23.8 Å². The molecule has 2 unspecified atom stereocenters. The van der Waals surface area contributed by atoms with Crippen LogP contribution >= 0.6 is 0 Å². The van der Waals surface area contributed by atoms with E-state index in [0.717, 1.165) is 31.7 Å². The molecule has 1 aliphatic heterocycles. The number of nitrogen functional groups attached to an aromatic ring is 1. The lowest BCUT2D eigenvalue weighted by Crippen LogP contribution is -2.48. The van der Waals surface area contributed by atoms with Gasteiger partial charge >= 0.3 is 0 Å². The van der Waals surface area contributed by atoms with Crippen LogP contribution in [0.3, 0.4) is 0 Å². The molecule has 1 aromatic rings. The molecule has 1 saturated heterocycles. The van der Waals surface area contributed by atoms with Gasteiger partial charge in [0.15, 0.2) is 0 Å². The van der Waals surface area contributed by atoms with Crippen LogP contribution in [0.5, 0.6) is 0 Å². The van der Waals surface area contributed by atoms with Gasteiger partial charge in [-0.1, -0.05) is 0 Å². The molecule has 3 nitrogen and oxygen atoms in total. The second-order valence-corrected chi connectivity index (χ2v) is 4.80. The maximum Gasteiger partial charge on any atom is 0.125 e. The van der Waals surface area contributed by atoms with Crippen LogP contribution in [0.15, 0.2) is 18.2 Å². The lowest BCUT2D eigenvalue weighted by atomic mass is 10.1. The molecule has 0 aromatic heterocycles. The summed E-state index contributed by atoms with van der Waals surface area (Å²) in [4.78, 5) is 2.29. The normalized spacial score (nSPS) is 28.2. The first-order chi connectivity index (χ1) is 8.25. The minimum absolute atomic E-state index is 0.275. The fraction of sp³-hybridized carbons (Fsp3) is 0.538. The van der Waals surface area contributed by atoms with Crippen LogP contribution in [0.2, 0.25) is 0 Å². The summed E-state index contributed by atoms with van der Waals surface area (Å²) < 4.78 is 18.8. The Kier molecular flexibility index (Phi) is 2.67. The summed E-state index contributed by atoms with van der Waals surface area (Å²) in [6, 6.07) is 5.07. The monoisotopic (exact) mass is 236 g/mol. The average molecular weight is 236 g/mol. The zero-order valence-corrected chi connectivity index (χ0v) is 9.73. The van der Waals surface area contributed by atoms with Gasteiger partial charge < -0.3 is 15.4 Å². The van der Waals surface area contributed by atoms with E-state index in [4.69, 9.17) is 10.5 Å². The maximum atomic E-state index is 13.1. The molecule has 0 bridgehead atoms. The van der Waals surface area contributed by atoms with Gasteiger partial charge in [-0.05, 0) is 37.5 Å². The molecule has 92 valence electrons. The Hall–Kier alpha value is -1.29. The van der Waals surface area contributed by atoms with Gasteiger partial charge in [0, 0.05) is 6.54 Å². The number of hydrogen-bond donors (Lipinski definition) is 1. The fourth-order valence-electron chi connectivity index (χ4n) is 3.01. The summed E-state index contributed by atoms with van der Waals surface area (Å²) in [6.45, 7) is 1.58. The van der Waals surface area contributed by atoms with Gasteiger partial charge in [-0.15, -0.1) is 0 Å². The molecule has 2 aliphatic rings. The lowest BCUT2D eigenvalue weighted by Gasteiger charge is -2.39. The molecular formula is C13H17FN2O. The summed E-state index contributed by atoms with van der Waals surface area (Å²) in [5, 5.41) is 0. The number of fused-ring (bicyclic) bond motifs is 1. The molecule has 4 heteroatoms. The Morgan fingerprint density at radius 1 is 1.35 bits per heavy atom. The second kappa shape index (κ2) is 4.18. The molecule has 1 saturated carbocycles. The SMILES string of the molecule is Nc1cc(F)ccc1N1CCOC2CCCC21. The number of nitrogens with zero attached hydrogens (tertiary/aromatic N) is 1. The number of benzene rings is 1. The van der Waals surface area contributed by atoms with E-state index in [0.29, 0.717) is 17.8 Å². The van der Waals surface area contributed by atoms with Crippen LogP contribution in [-0.2, 0) is 4.74 Å². The molecule has 17 heavy (non-hydrogen) atoms. The lowest BCUT2D eigenvalue weighted by molar-refractivity contribution is 0.0257. The Labute approximate surface area is 100 Å². The number of nitrogens with two attached hydrogens (primary N) is 1. The van der Waals surface area contributed by atoms with E-state index in [2.05, 4.69) is 4.90 Å². The van der Waals surface area contributed by atoms with Crippen LogP contribution in [0.25, 0.3) is 0 Å². The van der Waals surface area contributed by atoms with E-state index in [1.165, 1.54) is 18.6 Å². The standard InChI is InChI=1S/C13H17FN2O/c14-9-4-5-11(10(15)8-9)16-6-7-17-13-3-1-2-12(13)16/h4-5,8,12-13H,1-3,6-7,15H2. The van der Waals surface area contributed by atoms with E-state index in [-0.39, 0.29) is 5.82 Å². The summed E-state index contributed by atoms with van der Waals surface area (Å²) in [7, 11) is 0. The van der Waals surface area contributed by atoms with Gasteiger partial charge in [0.2, 0.25) is 0 Å². The van der Waals surface area contributed by atoms with E-state index < -0.39 is 0 Å². The van der Waals surface area contributed by atoms with Gasteiger partial charge in [0.25, 0.3) is 0 Å². The van der Waals surface area contributed by atoms with Crippen LogP contribution < -0.4 is 10.6 Å². The molecule has 2 N–H and O–H groups in total. The number of hydrogen-bond acceptors (Lipinski definition) is 3. The maximum absolute atomic E-state index is 13.1. The second-order valence-electron chi connectivity index (χ2n) is 4.80. The van der Waals surface area contributed by atoms with Crippen molar-refractivity contribution in [2.24, 2.45) is 0 Å². The number of rotatable bonds is 1. The minimum Gasteiger partial charge on any atom is -0.397 e. The third-order valence-corrected chi connectivity index (χ3v) is 3.78. The molecular weight excluding hydrogens is 219 g/mol. The van der Waals surface area contributed by atoms with Gasteiger partial charge in [0.1, 0.15) is 5.82 Å². The fourth-order valence-corrected chi connectivity index (χ4v) is 3.01. The predicted octanol–water partition coefficient (Wildman–Crippen LogP) is 2.17. The summed E-state index contributed by atoms with van der Waals surface area (Å²) in [5.41, 5.74) is 7.39. The Bertz CT molecular complexity index is 424. The summed E-state index contributed by atoms with van der Waals surface area (Å²) in [5.74, 6) is -0.275. The Morgan fingerprint density at radius 2 is 2.24 bits per heavy atom. The van der Waals surface area contributed by atoms with Crippen molar-refractivity contribution in [1.29, 1.82) is 0 Å². The molecule has 1 aliphatic carbocycles. The van der Waals surface area contributed by atoms with Crippen molar-refractivity contribution in [2.45, 2.75) is 31.4 Å². The molecule has 0 spiro atoms. The van der Waals surface area contributed by atoms with Gasteiger partial charge in [0.05, 0.1) is 30.1 Å². The van der Waals surface area contributed by atoms with Gasteiger partial charge in [-0.3, -0.25) is 0 Å². The first-order valence-electron chi connectivity index (χ1n) is 6.19. The quantitative estimate of drug-likeness (QED) is 0.759. The van der Waals surface area contributed by atoms with Crippen molar-refractivity contribution in [3.05, 3.63) is 24.0 Å². The van der Waals surface area contributed by atoms with Gasteiger partial charge in [-0.2, -0.15) is 0 Å². The third kappa shape index (κ3) is 1.86. The predicted molar refractivity (Wildman–Crippen MR) is 65.5 cm³/mol. The van der Waals surface area contributed by atoms with Crippen LogP contribution in [-0.4, -0.2) is 25.3 Å². The molecule has 2 fully saturated rings. The van der Waals surface area contributed by atoms with E-state index >= 15 is 0 Å². The highest BCUT2D eigenvalue weighted by atomic mass is 19.1. The van der Waals surface area contributed by atoms with E-state index in [1.54, 1.807) is 6.07 Å². The highest BCUT2D eigenvalue weighted by Crippen LogP contribution is 2.35. The zero-order chi connectivity index (χ0) is 11.8. The van der Waals surface area contributed by atoms with Gasteiger partial charge in [-0.25, -0.2) is 4.39 Å². The van der Waals surface area contributed by atoms with Crippen molar-refractivity contribution in [3.8, 4) is 0 Å². The Balaban J connectivity index is 1.91. The summed E-state index contributed by atoms with van der Waals surface area (Å²) in [6.07, 6.45) is 3.80. The topological polar surface area (TPSA) is 38.5 Å². The van der Waals surface area contributed by atoms with Crippen LogP contribution in [0, 0.1) is 5.82 Å². The number of anilines is 2. The zero-order valence-electron chi connectivity index (χ0n) is 9.73. The molecule has 1 aromatic carbocycles. The average Bonchev–Trinajstić information content (AvgIpc) is 2.77. The first-order valence-corrected chi connectivity index (χ1v) is 6.19. The molecule has 3 rings (SSSR count). The van der Waals surface area contributed by atoms with Crippen molar-refractivity contribution >= 4 is 11.4 Å². The number of morpholine rings is 1. The number of halogens is 1. The molecule has 1 heterocycles. The molecule has 0 amide bonds. The van der Waals surface area contributed by atoms with Crippen molar-refractivity contribution in [3.63, 3.8) is 0 Å². The van der Waals surface area contributed by atoms with Crippen molar-refractivity contribution < 1.29 is 9.13 Å². The first kappa shape index (κ1) is 10.8.